The van der Waals surface area contributed by atoms with E-state index >= 15 is 0 Å². The van der Waals surface area contributed by atoms with Crippen molar-refractivity contribution >= 4 is 5.69 Å². The summed E-state index contributed by atoms with van der Waals surface area (Å²) in [6.45, 7) is 6.38. The largest absolute Gasteiger partial charge is 0.369 e. The maximum Gasteiger partial charge on any atom is 0.0789 e. The number of nitrogens with two attached hydrogens (primary N) is 1. The fourth-order valence-corrected chi connectivity index (χ4v) is 3.08. The molecule has 2 heterocycles. The molecular weight excluding hydrogens is 260 g/mol. The molecule has 0 radical (unpaired) electrons. The van der Waals surface area contributed by atoms with E-state index in [-0.39, 0.29) is 0 Å². The highest BCUT2D eigenvalue weighted by Crippen LogP contribution is 2.26. The van der Waals surface area contributed by atoms with Gasteiger partial charge in [-0.15, -0.1) is 0 Å². The summed E-state index contributed by atoms with van der Waals surface area (Å²) in [7, 11) is 0. The van der Waals surface area contributed by atoms with Gasteiger partial charge in [0, 0.05) is 19.1 Å². The minimum Gasteiger partial charge on any atom is -0.369 e. The van der Waals surface area contributed by atoms with Gasteiger partial charge >= 0.3 is 0 Å². The number of benzene rings is 1. The molecule has 0 saturated carbocycles. The zero-order chi connectivity index (χ0) is 14.8. The lowest BCUT2D eigenvalue weighted by Crippen LogP contribution is -2.39. The third kappa shape index (κ3) is 2.81. The molecule has 0 aliphatic carbocycles. The maximum absolute atomic E-state index is 6.01. The monoisotopic (exact) mass is 284 g/mol. The van der Waals surface area contributed by atoms with Crippen molar-refractivity contribution in [3.8, 4) is 5.69 Å². The second kappa shape index (κ2) is 5.90. The van der Waals surface area contributed by atoms with E-state index in [9.17, 15) is 0 Å². The van der Waals surface area contributed by atoms with Crippen LogP contribution in [0.15, 0.2) is 30.5 Å². The summed E-state index contributed by atoms with van der Waals surface area (Å²) < 4.78 is 2.08. The van der Waals surface area contributed by atoms with Crippen molar-refractivity contribution in [1.29, 1.82) is 0 Å². The molecule has 2 N–H and O–H groups in total. The number of rotatable bonds is 3. The van der Waals surface area contributed by atoms with Crippen molar-refractivity contribution in [2.24, 2.45) is 5.73 Å². The van der Waals surface area contributed by atoms with Crippen molar-refractivity contribution in [3.63, 3.8) is 0 Å². The molecule has 1 saturated heterocycles. The first-order valence-electron chi connectivity index (χ1n) is 7.83. The maximum atomic E-state index is 6.01. The standard InChI is InChI=1S/C17H24N4/c1-3-16-17(20-9-7-14(18)8-10-20)12-19-21(16)15-6-4-5-13(2)11-15/h4-6,11-12,14H,3,7-10,18H2,1-2H3. The van der Waals surface area contributed by atoms with Gasteiger partial charge in [0.25, 0.3) is 0 Å². The van der Waals surface area contributed by atoms with E-state index in [0.29, 0.717) is 6.04 Å². The summed E-state index contributed by atoms with van der Waals surface area (Å²) >= 11 is 0. The van der Waals surface area contributed by atoms with E-state index in [1.165, 1.54) is 16.9 Å². The van der Waals surface area contributed by atoms with Crippen molar-refractivity contribution in [1.82, 2.24) is 9.78 Å². The highest BCUT2D eigenvalue weighted by molar-refractivity contribution is 5.53. The van der Waals surface area contributed by atoms with Crippen LogP contribution in [0.4, 0.5) is 5.69 Å². The number of hydrogen-bond acceptors (Lipinski definition) is 3. The molecule has 0 atom stereocenters. The number of aromatic nitrogens is 2. The molecule has 0 amide bonds. The third-order valence-electron chi connectivity index (χ3n) is 4.31. The van der Waals surface area contributed by atoms with Gasteiger partial charge in [-0.1, -0.05) is 19.1 Å². The van der Waals surface area contributed by atoms with Crippen LogP contribution in [-0.2, 0) is 6.42 Å². The van der Waals surface area contributed by atoms with E-state index in [0.717, 1.165) is 38.0 Å². The van der Waals surface area contributed by atoms with Crippen molar-refractivity contribution in [3.05, 3.63) is 41.7 Å². The molecule has 3 rings (SSSR count). The summed E-state index contributed by atoms with van der Waals surface area (Å²) in [5, 5.41) is 4.64. The fourth-order valence-electron chi connectivity index (χ4n) is 3.08. The SMILES string of the molecule is CCc1c(N2CCC(N)CC2)cnn1-c1cccc(C)c1. The molecule has 21 heavy (non-hydrogen) atoms. The summed E-state index contributed by atoms with van der Waals surface area (Å²) in [6.07, 6.45) is 5.13. The van der Waals surface area contributed by atoms with Gasteiger partial charge in [-0.2, -0.15) is 5.10 Å². The van der Waals surface area contributed by atoms with Crippen LogP contribution in [0.5, 0.6) is 0 Å². The van der Waals surface area contributed by atoms with Gasteiger partial charge in [-0.3, -0.25) is 0 Å². The third-order valence-corrected chi connectivity index (χ3v) is 4.31. The number of aryl methyl sites for hydroxylation is 1. The smallest absolute Gasteiger partial charge is 0.0789 e. The summed E-state index contributed by atoms with van der Waals surface area (Å²) in [5.74, 6) is 0. The zero-order valence-corrected chi connectivity index (χ0v) is 12.9. The normalized spacial score (nSPS) is 16.4. The minimum absolute atomic E-state index is 0.359. The molecule has 1 aromatic carbocycles. The molecular formula is C17H24N4. The Morgan fingerprint density at radius 2 is 2.05 bits per heavy atom. The number of hydrogen-bond donors (Lipinski definition) is 1. The zero-order valence-electron chi connectivity index (χ0n) is 12.9. The Hall–Kier alpha value is -1.81. The molecule has 0 unspecified atom stereocenters. The first-order valence-corrected chi connectivity index (χ1v) is 7.83. The van der Waals surface area contributed by atoms with Gasteiger partial charge in [-0.25, -0.2) is 4.68 Å². The Morgan fingerprint density at radius 1 is 1.29 bits per heavy atom. The van der Waals surface area contributed by atoms with Crippen LogP contribution in [0.3, 0.4) is 0 Å². The molecule has 4 nitrogen and oxygen atoms in total. The van der Waals surface area contributed by atoms with Crippen LogP contribution in [0, 0.1) is 6.92 Å². The summed E-state index contributed by atoms with van der Waals surface area (Å²) in [4.78, 5) is 2.43. The molecule has 112 valence electrons. The lowest BCUT2D eigenvalue weighted by atomic mass is 10.1. The Labute approximate surface area is 126 Å². The predicted octanol–water partition coefficient (Wildman–Crippen LogP) is 2.67. The molecule has 1 aliphatic heterocycles. The van der Waals surface area contributed by atoms with Gasteiger partial charge in [0.2, 0.25) is 0 Å². The number of nitrogens with zero attached hydrogens (tertiary/aromatic N) is 3. The summed E-state index contributed by atoms with van der Waals surface area (Å²) in [5.41, 5.74) is 11.0. The highest BCUT2D eigenvalue weighted by Gasteiger charge is 2.21. The Kier molecular flexibility index (Phi) is 3.97. The van der Waals surface area contributed by atoms with E-state index in [2.05, 4.69) is 52.8 Å². The Balaban J connectivity index is 1.93. The van der Waals surface area contributed by atoms with Crippen LogP contribution in [0.2, 0.25) is 0 Å². The average molecular weight is 284 g/mol. The Bertz CT molecular complexity index is 609. The Morgan fingerprint density at radius 3 is 2.71 bits per heavy atom. The van der Waals surface area contributed by atoms with Crippen LogP contribution in [0.1, 0.15) is 31.0 Å². The van der Waals surface area contributed by atoms with Gasteiger partial charge < -0.3 is 10.6 Å². The lowest BCUT2D eigenvalue weighted by Gasteiger charge is -2.31. The molecule has 0 spiro atoms. The molecule has 0 bridgehead atoms. The molecule has 1 fully saturated rings. The topological polar surface area (TPSA) is 47.1 Å². The number of piperidine rings is 1. The first kappa shape index (κ1) is 14.1. The average Bonchev–Trinajstić information content (AvgIpc) is 2.92. The van der Waals surface area contributed by atoms with E-state index < -0.39 is 0 Å². The quantitative estimate of drug-likeness (QED) is 0.942. The minimum atomic E-state index is 0.359. The van der Waals surface area contributed by atoms with Crippen molar-refractivity contribution in [2.45, 2.75) is 39.2 Å². The highest BCUT2D eigenvalue weighted by atomic mass is 15.3. The van der Waals surface area contributed by atoms with Crippen LogP contribution < -0.4 is 10.6 Å². The van der Waals surface area contributed by atoms with E-state index in [4.69, 9.17) is 5.73 Å². The van der Waals surface area contributed by atoms with E-state index in [1.54, 1.807) is 0 Å². The van der Waals surface area contributed by atoms with Crippen molar-refractivity contribution < 1.29 is 0 Å². The summed E-state index contributed by atoms with van der Waals surface area (Å²) in [6, 6.07) is 8.87. The second-order valence-electron chi connectivity index (χ2n) is 5.91. The van der Waals surface area contributed by atoms with E-state index in [1.807, 2.05) is 6.20 Å². The van der Waals surface area contributed by atoms with Crippen LogP contribution >= 0.6 is 0 Å². The van der Waals surface area contributed by atoms with Crippen LogP contribution in [0.25, 0.3) is 5.69 Å². The van der Waals surface area contributed by atoms with Crippen molar-refractivity contribution in [2.75, 3.05) is 18.0 Å². The van der Waals surface area contributed by atoms with Gasteiger partial charge in [0.05, 0.1) is 23.3 Å². The molecule has 1 aliphatic rings. The predicted molar refractivity (Wildman–Crippen MR) is 87.1 cm³/mol. The van der Waals surface area contributed by atoms with Gasteiger partial charge in [0.1, 0.15) is 0 Å². The first-order chi connectivity index (χ1) is 10.2. The lowest BCUT2D eigenvalue weighted by molar-refractivity contribution is 0.500. The molecule has 4 heteroatoms. The van der Waals surface area contributed by atoms with Gasteiger partial charge in [-0.05, 0) is 43.9 Å². The number of anilines is 1. The second-order valence-corrected chi connectivity index (χ2v) is 5.91. The van der Waals surface area contributed by atoms with Crippen LogP contribution in [-0.4, -0.2) is 28.9 Å². The fraction of sp³-hybridized carbons (Fsp3) is 0.471. The molecule has 2 aromatic rings. The van der Waals surface area contributed by atoms with Gasteiger partial charge in [0.15, 0.2) is 0 Å². The molecule has 1 aromatic heterocycles.